The van der Waals surface area contributed by atoms with E-state index in [0.717, 1.165) is 18.1 Å². The fourth-order valence-electron chi connectivity index (χ4n) is 4.97. The lowest BCUT2D eigenvalue weighted by atomic mass is 9.72. The van der Waals surface area contributed by atoms with Crippen LogP contribution in [0, 0.1) is 6.92 Å². The molecule has 2 aromatic rings. The molecule has 2 aliphatic heterocycles. The van der Waals surface area contributed by atoms with Crippen LogP contribution in [0.4, 0.5) is 18.0 Å². The van der Waals surface area contributed by atoms with Crippen molar-refractivity contribution in [1.82, 2.24) is 4.90 Å². The standard InChI is InChI=1S/C24H26F3NO3/c1-16-10-11-18(12-21(16)24(25,26)27)23(30)13-19-8-5-9-20(14-23)28(19)22(29)31-15-17-6-3-2-4-7-17/h2-4,6-7,10-12,19-20,30H,5,8-9,13-15H2,1H3. The summed E-state index contributed by atoms with van der Waals surface area (Å²) in [5, 5.41) is 11.4. The van der Waals surface area contributed by atoms with Crippen molar-refractivity contribution in [1.29, 1.82) is 0 Å². The lowest BCUT2D eigenvalue weighted by molar-refractivity contribution is -0.138. The van der Waals surface area contributed by atoms with Crippen LogP contribution in [-0.2, 0) is 23.1 Å². The molecule has 2 aromatic carbocycles. The van der Waals surface area contributed by atoms with Gasteiger partial charge in [-0.1, -0.05) is 42.5 Å². The van der Waals surface area contributed by atoms with Gasteiger partial charge in [-0.05, 0) is 48.9 Å². The molecule has 2 fully saturated rings. The number of piperidine rings is 2. The molecule has 1 amide bonds. The van der Waals surface area contributed by atoms with E-state index in [1.807, 2.05) is 30.3 Å². The second-order valence-electron chi connectivity index (χ2n) is 8.65. The van der Waals surface area contributed by atoms with Crippen molar-refractivity contribution in [2.45, 2.75) is 69.5 Å². The molecule has 1 N–H and O–H groups in total. The average Bonchev–Trinajstić information content (AvgIpc) is 2.71. The van der Waals surface area contributed by atoms with Crippen molar-refractivity contribution in [2.75, 3.05) is 0 Å². The van der Waals surface area contributed by atoms with Gasteiger partial charge >= 0.3 is 12.3 Å². The Bertz CT molecular complexity index is 931. The maximum atomic E-state index is 13.4. The van der Waals surface area contributed by atoms with E-state index < -0.39 is 23.4 Å². The summed E-state index contributed by atoms with van der Waals surface area (Å²) in [6.45, 7) is 1.57. The molecule has 0 saturated carbocycles. The number of alkyl halides is 3. The monoisotopic (exact) mass is 433 g/mol. The number of hydrogen-bond donors (Lipinski definition) is 1. The second-order valence-corrected chi connectivity index (χ2v) is 8.65. The molecule has 2 aliphatic rings. The summed E-state index contributed by atoms with van der Waals surface area (Å²) in [4.78, 5) is 14.5. The number of benzene rings is 2. The van der Waals surface area contributed by atoms with E-state index in [4.69, 9.17) is 4.74 Å². The quantitative estimate of drug-likeness (QED) is 0.690. The largest absolute Gasteiger partial charge is 0.445 e. The molecule has 4 nitrogen and oxygen atoms in total. The molecule has 0 aliphatic carbocycles. The van der Waals surface area contributed by atoms with Crippen LogP contribution in [0.2, 0.25) is 0 Å². The average molecular weight is 433 g/mol. The number of carbonyl (C=O) groups is 1. The fraction of sp³-hybridized carbons (Fsp3) is 0.458. The van der Waals surface area contributed by atoms with E-state index in [0.29, 0.717) is 12.8 Å². The van der Waals surface area contributed by atoms with Gasteiger partial charge in [0.2, 0.25) is 0 Å². The van der Waals surface area contributed by atoms with Crippen LogP contribution in [-0.4, -0.2) is 28.2 Å². The highest BCUT2D eigenvalue weighted by Crippen LogP contribution is 2.46. The molecular weight excluding hydrogens is 407 g/mol. The molecule has 2 heterocycles. The maximum absolute atomic E-state index is 13.4. The molecule has 0 radical (unpaired) electrons. The van der Waals surface area contributed by atoms with Gasteiger partial charge in [-0.2, -0.15) is 13.2 Å². The third-order valence-electron chi connectivity index (χ3n) is 6.50. The Labute approximate surface area is 179 Å². The molecule has 2 unspecified atom stereocenters. The van der Waals surface area contributed by atoms with Gasteiger partial charge in [-0.3, -0.25) is 0 Å². The number of nitrogens with zero attached hydrogens (tertiary/aromatic N) is 1. The topological polar surface area (TPSA) is 49.8 Å². The number of fused-ring (bicyclic) bond motifs is 2. The van der Waals surface area contributed by atoms with E-state index in [1.54, 1.807) is 11.0 Å². The van der Waals surface area contributed by atoms with Gasteiger partial charge in [0.15, 0.2) is 0 Å². The molecule has 0 spiro atoms. The maximum Gasteiger partial charge on any atom is 0.416 e. The van der Waals surface area contributed by atoms with E-state index in [-0.39, 0.29) is 42.7 Å². The number of amides is 1. The fourth-order valence-corrected chi connectivity index (χ4v) is 4.97. The highest BCUT2D eigenvalue weighted by atomic mass is 19.4. The normalized spacial score (nSPS) is 25.9. The first-order chi connectivity index (χ1) is 14.7. The molecule has 2 atom stereocenters. The van der Waals surface area contributed by atoms with E-state index in [2.05, 4.69) is 0 Å². The van der Waals surface area contributed by atoms with Crippen LogP contribution in [0.1, 0.15) is 54.4 Å². The van der Waals surface area contributed by atoms with Gasteiger partial charge in [-0.25, -0.2) is 4.79 Å². The minimum absolute atomic E-state index is 0.127. The zero-order valence-electron chi connectivity index (χ0n) is 17.4. The zero-order valence-corrected chi connectivity index (χ0v) is 17.4. The van der Waals surface area contributed by atoms with Crippen molar-refractivity contribution >= 4 is 6.09 Å². The SMILES string of the molecule is Cc1ccc(C2(O)CC3CCCC(C2)N3C(=O)OCc2ccccc2)cc1C(F)(F)F. The summed E-state index contributed by atoms with van der Waals surface area (Å²) in [5.74, 6) is 0. The van der Waals surface area contributed by atoms with Crippen LogP contribution in [0.5, 0.6) is 0 Å². The number of aliphatic hydroxyl groups is 1. The van der Waals surface area contributed by atoms with Crippen LogP contribution in [0.3, 0.4) is 0 Å². The number of aryl methyl sites for hydroxylation is 1. The third-order valence-corrected chi connectivity index (χ3v) is 6.50. The van der Waals surface area contributed by atoms with E-state index >= 15 is 0 Å². The third kappa shape index (κ3) is 4.42. The molecule has 0 aromatic heterocycles. The van der Waals surface area contributed by atoms with Crippen molar-refractivity contribution in [3.63, 3.8) is 0 Å². The minimum atomic E-state index is -4.48. The van der Waals surface area contributed by atoms with Crippen molar-refractivity contribution in [3.8, 4) is 0 Å². The van der Waals surface area contributed by atoms with Crippen LogP contribution < -0.4 is 0 Å². The molecule has 2 bridgehead atoms. The van der Waals surface area contributed by atoms with Gasteiger partial charge in [0, 0.05) is 24.9 Å². The lowest BCUT2D eigenvalue weighted by Crippen LogP contribution is -2.58. The van der Waals surface area contributed by atoms with Crippen molar-refractivity contribution in [3.05, 3.63) is 70.8 Å². The Morgan fingerprint density at radius 1 is 1.13 bits per heavy atom. The summed E-state index contributed by atoms with van der Waals surface area (Å²) < 4.78 is 45.7. The molecule has 4 rings (SSSR count). The molecule has 7 heteroatoms. The van der Waals surface area contributed by atoms with E-state index in [9.17, 15) is 23.1 Å². The number of hydrogen-bond acceptors (Lipinski definition) is 3. The summed E-state index contributed by atoms with van der Waals surface area (Å²) >= 11 is 0. The van der Waals surface area contributed by atoms with Gasteiger partial charge in [0.25, 0.3) is 0 Å². The van der Waals surface area contributed by atoms with Gasteiger partial charge in [-0.15, -0.1) is 0 Å². The second kappa shape index (κ2) is 8.19. The summed E-state index contributed by atoms with van der Waals surface area (Å²) in [5.41, 5.74) is -0.858. The Morgan fingerprint density at radius 2 is 1.77 bits per heavy atom. The van der Waals surface area contributed by atoms with E-state index in [1.165, 1.54) is 13.0 Å². The Kier molecular flexibility index (Phi) is 5.73. The molecule has 31 heavy (non-hydrogen) atoms. The highest BCUT2D eigenvalue weighted by molar-refractivity contribution is 5.69. The van der Waals surface area contributed by atoms with Gasteiger partial charge < -0.3 is 14.7 Å². The number of rotatable bonds is 3. The van der Waals surface area contributed by atoms with Gasteiger partial charge in [0.05, 0.1) is 11.2 Å². The van der Waals surface area contributed by atoms with Crippen LogP contribution in [0.15, 0.2) is 48.5 Å². The molecule has 166 valence electrons. The minimum Gasteiger partial charge on any atom is -0.445 e. The number of ether oxygens (including phenoxy) is 1. The van der Waals surface area contributed by atoms with Crippen molar-refractivity contribution < 1.29 is 27.8 Å². The summed E-state index contributed by atoms with van der Waals surface area (Å²) in [6, 6.07) is 12.9. The Morgan fingerprint density at radius 3 is 2.39 bits per heavy atom. The first kappa shape index (κ1) is 21.7. The Balaban J connectivity index is 1.53. The zero-order chi connectivity index (χ0) is 22.2. The predicted octanol–water partition coefficient (Wildman–Crippen LogP) is 5.56. The smallest absolute Gasteiger partial charge is 0.416 e. The number of carbonyl (C=O) groups excluding carboxylic acids is 1. The lowest BCUT2D eigenvalue weighted by Gasteiger charge is -2.51. The van der Waals surface area contributed by atoms with Crippen LogP contribution >= 0.6 is 0 Å². The Hall–Kier alpha value is -2.54. The molecule has 2 saturated heterocycles. The highest BCUT2D eigenvalue weighted by Gasteiger charge is 2.49. The predicted molar refractivity (Wildman–Crippen MR) is 109 cm³/mol. The first-order valence-corrected chi connectivity index (χ1v) is 10.6. The first-order valence-electron chi connectivity index (χ1n) is 10.6. The van der Waals surface area contributed by atoms with Crippen LogP contribution in [0.25, 0.3) is 0 Å². The number of halogens is 3. The van der Waals surface area contributed by atoms with Crippen molar-refractivity contribution in [2.24, 2.45) is 0 Å². The summed E-state index contributed by atoms with van der Waals surface area (Å²) in [6.07, 6.45) is -2.21. The molecular formula is C24H26F3NO3. The summed E-state index contributed by atoms with van der Waals surface area (Å²) in [7, 11) is 0. The van der Waals surface area contributed by atoms with Gasteiger partial charge in [0.1, 0.15) is 6.61 Å².